The van der Waals surface area contributed by atoms with Gasteiger partial charge in [0.2, 0.25) is 0 Å². The van der Waals surface area contributed by atoms with Gasteiger partial charge in [0.25, 0.3) is 0 Å². The number of carboxylic acid groups (broad SMARTS) is 1. The number of benzene rings is 1. The van der Waals surface area contributed by atoms with Gasteiger partial charge >= 0.3 is 5.97 Å². The van der Waals surface area contributed by atoms with Gasteiger partial charge in [-0.3, -0.25) is 5.10 Å². The van der Waals surface area contributed by atoms with Crippen LogP contribution in [0.4, 0.5) is 0 Å². The maximum absolute atomic E-state index is 10.8. The summed E-state index contributed by atoms with van der Waals surface area (Å²) in [4.78, 5) is 10.8. The third kappa shape index (κ3) is 1.75. The standard InChI is InChI=1S/C11H10N2O3/c1-6-4-9(13-12-6)7-2-3-10(14)8(5-7)11(15)16/h2-5,14H,1H3,(H,12,13)(H,15,16). The van der Waals surface area contributed by atoms with Crippen LogP contribution in [0.2, 0.25) is 0 Å². The number of aromatic carboxylic acids is 1. The largest absolute Gasteiger partial charge is 0.507 e. The predicted octanol–water partition coefficient (Wildman–Crippen LogP) is 1.79. The van der Waals surface area contributed by atoms with Gasteiger partial charge in [-0.2, -0.15) is 5.10 Å². The molecule has 0 saturated carbocycles. The molecule has 16 heavy (non-hydrogen) atoms. The van der Waals surface area contributed by atoms with Gasteiger partial charge in [0.15, 0.2) is 0 Å². The van der Waals surface area contributed by atoms with Crippen molar-refractivity contribution in [2.75, 3.05) is 0 Å². The molecule has 3 N–H and O–H groups in total. The molecule has 5 heteroatoms. The molecular formula is C11H10N2O3. The summed E-state index contributed by atoms with van der Waals surface area (Å²) < 4.78 is 0. The maximum Gasteiger partial charge on any atom is 0.339 e. The topological polar surface area (TPSA) is 86.2 Å². The second kappa shape index (κ2) is 3.69. The predicted molar refractivity (Wildman–Crippen MR) is 57.4 cm³/mol. The van der Waals surface area contributed by atoms with E-state index in [0.717, 1.165) is 5.69 Å². The molecule has 0 radical (unpaired) electrons. The highest BCUT2D eigenvalue weighted by Crippen LogP contribution is 2.24. The van der Waals surface area contributed by atoms with Gasteiger partial charge in [0.1, 0.15) is 11.3 Å². The van der Waals surface area contributed by atoms with Gasteiger partial charge in [-0.25, -0.2) is 4.79 Å². The van der Waals surface area contributed by atoms with E-state index in [1.165, 1.54) is 12.1 Å². The number of aryl methyl sites for hydroxylation is 1. The number of aromatic hydroxyl groups is 1. The Hall–Kier alpha value is -2.30. The highest BCUT2D eigenvalue weighted by molar-refractivity contribution is 5.92. The second-order valence-electron chi connectivity index (χ2n) is 3.47. The van der Waals surface area contributed by atoms with Crippen molar-refractivity contribution in [2.24, 2.45) is 0 Å². The van der Waals surface area contributed by atoms with Gasteiger partial charge < -0.3 is 10.2 Å². The van der Waals surface area contributed by atoms with Crippen molar-refractivity contribution in [3.05, 3.63) is 35.5 Å². The Morgan fingerprint density at radius 3 is 2.69 bits per heavy atom. The first-order valence-corrected chi connectivity index (χ1v) is 4.66. The Balaban J connectivity index is 2.51. The smallest absolute Gasteiger partial charge is 0.339 e. The molecule has 2 rings (SSSR count). The van der Waals surface area contributed by atoms with Gasteiger partial charge in [-0.1, -0.05) is 0 Å². The Bertz CT molecular complexity index is 546. The van der Waals surface area contributed by atoms with Gasteiger partial charge in [0.05, 0.1) is 5.69 Å². The lowest BCUT2D eigenvalue weighted by atomic mass is 10.1. The Morgan fingerprint density at radius 1 is 1.38 bits per heavy atom. The first kappa shape index (κ1) is 10.2. The number of hydrogen-bond acceptors (Lipinski definition) is 3. The molecule has 0 atom stereocenters. The lowest BCUT2D eigenvalue weighted by Crippen LogP contribution is -1.97. The fourth-order valence-corrected chi connectivity index (χ4v) is 1.43. The molecule has 2 aromatic rings. The summed E-state index contributed by atoms with van der Waals surface area (Å²) in [5.74, 6) is -1.41. The average molecular weight is 218 g/mol. The van der Waals surface area contributed by atoms with E-state index in [1.54, 1.807) is 12.1 Å². The first-order chi connectivity index (χ1) is 7.58. The van der Waals surface area contributed by atoms with Crippen molar-refractivity contribution in [1.82, 2.24) is 10.2 Å². The normalized spacial score (nSPS) is 10.3. The van der Waals surface area contributed by atoms with Crippen LogP contribution in [0.25, 0.3) is 11.3 Å². The molecule has 0 amide bonds. The SMILES string of the molecule is Cc1cc(-c2ccc(O)c(C(=O)O)c2)n[nH]1. The van der Waals surface area contributed by atoms with Crippen LogP contribution in [-0.2, 0) is 0 Å². The summed E-state index contributed by atoms with van der Waals surface area (Å²) in [7, 11) is 0. The molecule has 0 aliphatic heterocycles. The van der Waals surface area contributed by atoms with Crippen LogP contribution >= 0.6 is 0 Å². The third-order valence-electron chi connectivity index (χ3n) is 2.23. The minimum absolute atomic E-state index is 0.127. The van der Waals surface area contributed by atoms with Crippen LogP contribution in [0.15, 0.2) is 24.3 Å². The summed E-state index contributed by atoms with van der Waals surface area (Å²) in [5.41, 5.74) is 2.07. The van der Waals surface area contributed by atoms with Crippen LogP contribution in [0.5, 0.6) is 5.75 Å². The molecule has 0 fully saturated rings. The van der Waals surface area contributed by atoms with E-state index in [4.69, 9.17) is 5.11 Å². The van der Waals surface area contributed by atoms with Crippen molar-refractivity contribution < 1.29 is 15.0 Å². The van der Waals surface area contributed by atoms with Crippen LogP contribution in [0, 0.1) is 6.92 Å². The van der Waals surface area contributed by atoms with E-state index < -0.39 is 5.97 Å². The molecule has 1 aromatic heterocycles. The summed E-state index contributed by atoms with van der Waals surface area (Å²) in [6.45, 7) is 1.86. The molecule has 1 aromatic carbocycles. The van der Waals surface area contributed by atoms with Crippen molar-refractivity contribution in [2.45, 2.75) is 6.92 Å². The molecular weight excluding hydrogens is 208 g/mol. The minimum atomic E-state index is -1.16. The highest BCUT2D eigenvalue weighted by atomic mass is 16.4. The average Bonchev–Trinajstić information content (AvgIpc) is 2.65. The van der Waals surface area contributed by atoms with E-state index in [2.05, 4.69) is 10.2 Å². The number of nitrogens with zero attached hydrogens (tertiary/aromatic N) is 1. The Kier molecular flexibility index (Phi) is 2.36. The van der Waals surface area contributed by atoms with Crippen LogP contribution in [-0.4, -0.2) is 26.4 Å². The lowest BCUT2D eigenvalue weighted by Gasteiger charge is -2.01. The number of rotatable bonds is 2. The van der Waals surface area contributed by atoms with Gasteiger partial charge in [-0.05, 0) is 31.2 Å². The molecule has 1 heterocycles. The number of nitrogens with one attached hydrogen (secondary N) is 1. The zero-order valence-corrected chi connectivity index (χ0v) is 8.56. The van der Waals surface area contributed by atoms with Crippen LogP contribution in [0.3, 0.4) is 0 Å². The molecule has 0 bridgehead atoms. The number of phenols is 1. The molecule has 5 nitrogen and oxygen atoms in total. The number of H-pyrrole nitrogens is 1. The zero-order valence-electron chi connectivity index (χ0n) is 8.56. The van der Waals surface area contributed by atoms with Crippen molar-refractivity contribution in [3.63, 3.8) is 0 Å². The second-order valence-corrected chi connectivity index (χ2v) is 3.47. The van der Waals surface area contributed by atoms with E-state index in [-0.39, 0.29) is 11.3 Å². The number of aromatic amines is 1. The van der Waals surface area contributed by atoms with Gasteiger partial charge in [-0.15, -0.1) is 0 Å². The fourth-order valence-electron chi connectivity index (χ4n) is 1.43. The molecule has 0 aliphatic carbocycles. The molecule has 0 unspecified atom stereocenters. The Morgan fingerprint density at radius 2 is 2.12 bits per heavy atom. The van der Waals surface area contributed by atoms with E-state index >= 15 is 0 Å². The van der Waals surface area contributed by atoms with Crippen molar-refractivity contribution >= 4 is 5.97 Å². The summed E-state index contributed by atoms with van der Waals surface area (Å²) in [6, 6.07) is 6.17. The van der Waals surface area contributed by atoms with Crippen LogP contribution < -0.4 is 0 Å². The van der Waals surface area contributed by atoms with E-state index in [9.17, 15) is 9.90 Å². The summed E-state index contributed by atoms with van der Waals surface area (Å²) in [6.07, 6.45) is 0. The molecule has 0 aliphatic rings. The number of carboxylic acids is 1. The first-order valence-electron chi connectivity index (χ1n) is 4.66. The molecule has 82 valence electrons. The fraction of sp³-hybridized carbons (Fsp3) is 0.0909. The highest BCUT2D eigenvalue weighted by Gasteiger charge is 2.11. The zero-order chi connectivity index (χ0) is 11.7. The number of carbonyl (C=O) groups is 1. The van der Waals surface area contributed by atoms with Crippen molar-refractivity contribution in [1.29, 1.82) is 0 Å². The number of hydrogen-bond donors (Lipinski definition) is 3. The summed E-state index contributed by atoms with van der Waals surface area (Å²) in [5, 5.41) is 25.0. The number of aromatic nitrogens is 2. The lowest BCUT2D eigenvalue weighted by molar-refractivity contribution is 0.0694. The quantitative estimate of drug-likeness (QED) is 0.717. The monoisotopic (exact) mass is 218 g/mol. The Labute approximate surface area is 91.4 Å². The molecule has 0 saturated heterocycles. The van der Waals surface area contributed by atoms with Crippen LogP contribution in [0.1, 0.15) is 16.1 Å². The van der Waals surface area contributed by atoms with E-state index in [0.29, 0.717) is 11.3 Å². The third-order valence-corrected chi connectivity index (χ3v) is 2.23. The van der Waals surface area contributed by atoms with Crippen molar-refractivity contribution in [3.8, 4) is 17.0 Å². The van der Waals surface area contributed by atoms with Gasteiger partial charge in [0, 0.05) is 11.3 Å². The summed E-state index contributed by atoms with van der Waals surface area (Å²) >= 11 is 0. The minimum Gasteiger partial charge on any atom is -0.507 e. The maximum atomic E-state index is 10.8. The van der Waals surface area contributed by atoms with E-state index in [1.807, 2.05) is 6.92 Å². The molecule has 0 spiro atoms.